The third-order valence-electron chi connectivity index (χ3n) is 5.76. The van der Waals surface area contributed by atoms with Crippen molar-refractivity contribution >= 4 is 45.8 Å². The zero-order valence-corrected chi connectivity index (χ0v) is 16.9. The van der Waals surface area contributed by atoms with E-state index in [0.29, 0.717) is 28.8 Å². The number of carbonyl (C=O) groups is 1. The van der Waals surface area contributed by atoms with E-state index in [1.807, 2.05) is 4.90 Å². The number of benzene rings is 2. The Hall–Kier alpha value is -2.17. The molecule has 0 bridgehead atoms. The number of hydrogen-bond donors (Lipinski definition) is 1. The molecule has 0 atom stereocenters. The number of para-hydroxylation sites is 1. The largest absolute Gasteiger partial charge is 0.344 e. The highest BCUT2D eigenvalue weighted by Crippen LogP contribution is 2.36. The maximum Gasteiger partial charge on any atom is 0.322 e. The number of anilines is 1. The molecule has 1 aliphatic carbocycles. The van der Waals surface area contributed by atoms with E-state index in [-0.39, 0.29) is 6.03 Å². The minimum Gasteiger partial charge on any atom is -0.344 e. The van der Waals surface area contributed by atoms with E-state index < -0.39 is 0 Å². The first-order valence-electron chi connectivity index (χ1n) is 9.70. The second kappa shape index (κ2) is 7.02. The maximum atomic E-state index is 12.8. The minimum atomic E-state index is -0.108. The monoisotopic (exact) mass is 413 g/mol. The van der Waals surface area contributed by atoms with Crippen molar-refractivity contribution in [3.63, 3.8) is 0 Å². The van der Waals surface area contributed by atoms with Gasteiger partial charge in [0.25, 0.3) is 0 Å². The summed E-state index contributed by atoms with van der Waals surface area (Å²) in [6.45, 7) is 2.44. The lowest BCUT2D eigenvalue weighted by Gasteiger charge is -2.28. The first-order chi connectivity index (χ1) is 13.6. The van der Waals surface area contributed by atoms with E-state index >= 15 is 0 Å². The lowest BCUT2D eigenvalue weighted by atomic mass is 10.0. The average Bonchev–Trinajstić information content (AvgIpc) is 3.47. The molecule has 4 nitrogen and oxygen atoms in total. The smallest absolute Gasteiger partial charge is 0.322 e. The topological polar surface area (TPSA) is 37.3 Å². The van der Waals surface area contributed by atoms with Gasteiger partial charge in [-0.1, -0.05) is 41.4 Å². The van der Waals surface area contributed by atoms with Gasteiger partial charge in [-0.2, -0.15) is 0 Å². The molecule has 2 aromatic carbocycles. The van der Waals surface area contributed by atoms with Crippen molar-refractivity contribution in [2.75, 3.05) is 11.9 Å². The van der Waals surface area contributed by atoms with Gasteiger partial charge in [0.15, 0.2) is 0 Å². The summed E-state index contributed by atoms with van der Waals surface area (Å²) < 4.78 is 2.50. The van der Waals surface area contributed by atoms with Crippen molar-refractivity contribution in [1.82, 2.24) is 9.47 Å². The van der Waals surface area contributed by atoms with Gasteiger partial charge in [0.1, 0.15) is 0 Å². The number of nitrogens with one attached hydrogen (secondary N) is 1. The second-order valence-corrected chi connectivity index (χ2v) is 8.54. The van der Waals surface area contributed by atoms with Crippen LogP contribution in [0.1, 0.15) is 24.1 Å². The summed E-state index contributed by atoms with van der Waals surface area (Å²) in [4.78, 5) is 14.7. The van der Waals surface area contributed by atoms with Gasteiger partial charge in [-0.05, 0) is 43.0 Å². The highest BCUT2D eigenvalue weighted by molar-refractivity contribution is 6.42. The quantitative estimate of drug-likeness (QED) is 0.565. The number of aromatic nitrogens is 1. The molecule has 0 unspecified atom stereocenters. The van der Waals surface area contributed by atoms with Crippen LogP contribution in [-0.4, -0.2) is 22.0 Å². The first kappa shape index (κ1) is 17.9. The molecule has 0 saturated heterocycles. The molecule has 1 N–H and O–H groups in total. The van der Waals surface area contributed by atoms with E-state index in [9.17, 15) is 4.79 Å². The van der Waals surface area contributed by atoms with Gasteiger partial charge < -0.3 is 14.8 Å². The first-order valence-corrected chi connectivity index (χ1v) is 10.5. The van der Waals surface area contributed by atoms with E-state index in [4.69, 9.17) is 23.2 Å². The van der Waals surface area contributed by atoms with Crippen LogP contribution < -0.4 is 5.32 Å². The molecule has 1 aliphatic heterocycles. The van der Waals surface area contributed by atoms with Crippen LogP contribution in [0.25, 0.3) is 10.9 Å². The lowest BCUT2D eigenvalue weighted by Crippen LogP contribution is -2.39. The van der Waals surface area contributed by atoms with E-state index in [2.05, 4.69) is 34.1 Å². The Kier molecular flexibility index (Phi) is 4.48. The third kappa shape index (κ3) is 3.25. The van der Waals surface area contributed by atoms with Crippen LogP contribution >= 0.6 is 23.2 Å². The predicted molar refractivity (Wildman–Crippen MR) is 114 cm³/mol. The van der Waals surface area contributed by atoms with Crippen LogP contribution in [0.15, 0.2) is 42.5 Å². The Morgan fingerprint density at radius 1 is 1.11 bits per heavy atom. The van der Waals surface area contributed by atoms with Gasteiger partial charge in [0, 0.05) is 53.9 Å². The normalized spacial score (nSPS) is 16.3. The molecule has 2 heterocycles. The molecule has 1 fully saturated rings. The number of amides is 2. The summed E-state index contributed by atoms with van der Waals surface area (Å²) >= 11 is 12.0. The molecule has 1 aromatic heterocycles. The van der Waals surface area contributed by atoms with E-state index in [1.54, 1.807) is 18.2 Å². The third-order valence-corrected chi connectivity index (χ3v) is 6.50. The molecular weight excluding hydrogens is 393 g/mol. The molecular formula is C22H21Cl2N3O. The highest BCUT2D eigenvalue weighted by atomic mass is 35.5. The summed E-state index contributed by atoms with van der Waals surface area (Å²) in [6.07, 6.45) is 3.55. The molecule has 2 amide bonds. The summed E-state index contributed by atoms with van der Waals surface area (Å²) in [7, 11) is 0. The Bertz CT molecular complexity index is 1070. The van der Waals surface area contributed by atoms with Crippen LogP contribution in [-0.2, 0) is 19.5 Å². The fourth-order valence-corrected chi connectivity index (χ4v) is 4.42. The van der Waals surface area contributed by atoms with Crippen LogP contribution in [0.3, 0.4) is 0 Å². The number of urea groups is 1. The molecule has 2 aliphatic rings. The lowest BCUT2D eigenvalue weighted by molar-refractivity contribution is 0.206. The standard InChI is InChI=1S/C22H21Cl2N3O/c23-18-8-7-15(11-19(18)24)25-22(28)26-10-9-21-17(13-26)16-3-1-2-4-20(16)27(21)12-14-5-6-14/h1-4,7-8,11,14H,5-6,9-10,12-13H2,(H,25,28). The zero-order valence-electron chi connectivity index (χ0n) is 15.4. The summed E-state index contributed by atoms with van der Waals surface area (Å²) in [5, 5.41) is 5.12. The Morgan fingerprint density at radius 2 is 1.93 bits per heavy atom. The average molecular weight is 414 g/mol. The number of nitrogens with zero attached hydrogens (tertiary/aromatic N) is 2. The fraction of sp³-hybridized carbons (Fsp3) is 0.318. The van der Waals surface area contributed by atoms with Crippen LogP contribution in [0, 0.1) is 5.92 Å². The molecule has 28 heavy (non-hydrogen) atoms. The molecule has 6 heteroatoms. The van der Waals surface area contributed by atoms with Gasteiger partial charge in [-0.25, -0.2) is 4.79 Å². The molecule has 1 saturated carbocycles. The minimum absolute atomic E-state index is 0.108. The van der Waals surface area contributed by atoms with Gasteiger partial charge in [0.2, 0.25) is 0 Å². The van der Waals surface area contributed by atoms with Crippen molar-refractivity contribution in [2.24, 2.45) is 5.92 Å². The van der Waals surface area contributed by atoms with E-state index in [0.717, 1.165) is 18.9 Å². The SMILES string of the molecule is O=C(Nc1ccc(Cl)c(Cl)c1)N1CCc2c(c3ccccc3n2CC2CC2)C1. The number of carbonyl (C=O) groups excluding carboxylic acids is 1. The Balaban J connectivity index is 1.41. The maximum absolute atomic E-state index is 12.8. The van der Waals surface area contributed by atoms with Crippen LogP contribution in [0.4, 0.5) is 10.5 Å². The van der Waals surface area contributed by atoms with Crippen LogP contribution in [0.5, 0.6) is 0 Å². The molecule has 5 rings (SSSR count). The van der Waals surface area contributed by atoms with Crippen LogP contribution in [0.2, 0.25) is 10.0 Å². The van der Waals surface area contributed by atoms with Gasteiger partial charge in [0.05, 0.1) is 10.0 Å². The van der Waals surface area contributed by atoms with Gasteiger partial charge >= 0.3 is 6.03 Å². The summed E-state index contributed by atoms with van der Waals surface area (Å²) in [6, 6.07) is 13.6. The molecule has 0 radical (unpaired) electrons. The number of halogens is 2. The van der Waals surface area contributed by atoms with Gasteiger partial charge in [-0.3, -0.25) is 0 Å². The van der Waals surface area contributed by atoms with Crippen molar-refractivity contribution in [3.05, 3.63) is 63.8 Å². The second-order valence-electron chi connectivity index (χ2n) is 7.73. The van der Waals surface area contributed by atoms with E-state index in [1.165, 1.54) is 35.0 Å². The number of rotatable bonds is 3. The molecule has 3 aromatic rings. The summed E-state index contributed by atoms with van der Waals surface area (Å²) in [5.41, 5.74) is 4.63. The van der Waals surface area contributed by atoms with Crippen molar-refractivity contribution in [1.29, 1.82) is 0 Å². The highest BCUT2D eigenvalue weighted by Gasteiger charge is 2.29. The van der Waals surface area contributed by atoms with Crippen molar-refractivity contribution < 1.29 is 4.79 Å². The fourth-order valence-electron chi connectivity index (χ4n) is 4.12. The number of fused-ring (bicyclic) bond motifs is 3. The Morgan fingerprint density at radius 3 is 2.71 bits per heavy atom. The zero-order chi connectivity index (χ0) is 19.3. The number of hydrogen-bond acceptors (Lipinski definition) is 1. The van der Waals surface area contributed by atoms with Crippen molar-refractivity contribution in [3.8, 4) is 0 Å². The molecule has 144 valence electrons. The summed E-state index contributed by atoms with van der Waals surface area (Å²) in [5.74, 6) is 0.816. The Labute approximate surface area is 174 Å². The molecule has 0 spiro atoms. The predicted octanol–water partition coefficient (Wildman–Crippen LogP) is 5.95. The van der Waals surface area contributed by atoms with Crippen molar-refractivity contribution in [2.45, 2.75) is 32.4 Å². The van der Waals surface area contributed by atoms with Gasteiger partial charge in [-0.15, -0.1) is 0 Å².